The lowest BCUT2D eigenvalue weighted by molar-refractivity contribution is 0.174. The van der Waals surface area contributed by atoms with Crippen LogP contribution in [0, 0.1) is 0 Å². The summed E-state index contributed by atoms with van der Waals surface area (Å²) in [7, 11) is 0. The van der Waals surface area contributed by atoms with Crippen molar-refractivity contribution in [2.45, 2.75) is 25.8 Å². The molecule has 1 atom stereocenters. The maximum absolute atomic E-state index is 5.46. The molecule has 1 fully saturated rings. The standard InChI is InChI=1S/C20H24N2O3/c1-15(10-18-5-3-9-23-18)12-22-8-2-4-17(13-22)21-16-6-7-19-20(11-16)25-14-24-19/h3,5-7,9-11,17,21H,2,4,8,12-14H2,1H3/b15-10+/t17-/m0/s1. The van der Waals surface area contributed by atoms with Gasteiger partial charge in [0.25, 0.3) is 0 Å². The highest BCUT2D eigenvalue weighted by molar-refractivity contribution is 5.56. The molecule has 3 heterocycles. The molecule has 1 aromatic carbocycles. The Morgan fingerprint density at radius 2 is 2.20 bits per heavy atom. The molecule has 1 aromatic heterocycles. The Hall–Kier alpha value is -2.40. The fourth-order valence-corrected chi connectivity index (χ4v) is 3.55. The van der Waals surface area contributed by atoms with Crippen LogP contribution in [0.4, 0.5) is 5.69 Å². The zero-order valence-electron chi connectivity index (χ0n) is 14.5. The number of hydrogen-bond acceptors (Lipinski definition) is 5. The molecule has 0 radical (unpaired) electrons. The molecule has 1 N–H and O–H groups in total. The predicted octanol–water partition coefficient (Wildman–Crippen LogP) is 3.99. The summed E-state index contributed by atoms with van der Waals surface area (Å²) in [6.07, 6.45) is 6.22. The normalized spacial score (nSPS) is 20.7. The maximum atomic E-state index is 5.46. The molecule has 4 rings (SSSR count). The van der Waals surface area contributed by atoms with Crippen LogP contribution in [0.25, 0.3) is 6.08 Å². The van der Waals surface area contributed by atoms with Gasteiger partial charge in [-0.05, 0) is 56.7 Å². The molecule has 132 valence electrons. The smallest absolute Gasteiger partial charge is 0.231 e. The molecule has 0 unspecified atom stereocenters. The van der Waals surface area contributed by atoms with E-state index in [9.17, 15) is 0 Å². The number of rotatable bonds is 5. The molecule has 0 spiro atoms. The third-order valence-corrected chi connectivity index (χ3v) is 4.65. The first kappa shape index (κ1) is 16.1. The van der Waals surface area contributed by atoms with Gasteiger partial charge in [0.05, 0.1) is 6.26 Å². The molecule has 2 aromatic rings. The Morgan fingerprint density at radius 1 is 1.28 bits per heavy atom. The van der Waals surface area contributed by atoms with Gasteiger partial charge in [0.2, 0.25) is 6.79 Å². The van der Waals surface area contributed by atoms with Crippen molar-refractivity contribution < 1.29 is 13.9 Å². The number of ether oxygens (including phenoxy) is 2. The van der Waals surface area contributed by atoms with Crippen LogP contribution < -0.4 is 14.8 Å². The van der Waals surface area contributed by atoms with E-state index < -0.39 is 0 Å². The van der Waals surface area contributed by atoms with Crippen LogP contribution in [-0.4, -0.2) is 37.4 Å². The molecule has 5 nitrogen and oxygen atoms in total. The maximum Gasteiger partial charge on any atom is 0.231 e. The van der Waals surface area contributed by atoms with Gasteiger partial charge in [-0.2, -0.15) is 0 Å². The van der Waals surface area contributed by atoms with Crippen molar-refractivity contribution in [2.24, 2.45) is 0 Å². The predicted molar refractivity (Wildman–Crippen MR) is 98.0 cm³/mol. The molecular weight excluding hydrogens is 316 g/mol. The topological polar surface area (TPSA) is 46.9 Å². The average molecular weight is 340 g/mol. The van der Waals surface area contributed by atoms with E-state index in [2.05, 4.69) is 29.3 Å². The minimum Gasteiger partial charge on any atom is -0.465 e. The summed E-state index contributed by atoms with van der Waals surface area (Å²) in [6, 6.07) is 10.4. The van der Waals surface area contributed by atoms with Crippen molar-refractivity contribution >= 4 is 11.8 Å². The van der Waals surface area contributed by atoms with E-state index in [-0.39, 0.29) is 0 Å². The first-order valence-electron chi connectivity index (χ1n) is 8.85. The Labute approximate surface area is 148 Å². The van der Waals surface area contributed by atoms with Crippen molar-refractivity contribution in [3.8, 4) is 11.5 Å². The third-order valence-electron chi connectivity index (χ3n) is 4.65. The van der Waals surface area contributed by atoms with Crippen LogP contribution in [0.2, 0.25) is 0 Å². The summed E-state index contributed by atoms with van der Waals surface area (Å²) in [5, 5.41) is 3.64. The summed E-state index contributed by atoms with van der Waals surface area (Å²) in [5.41, 5.74) is 2.41. The fourth-order valence-electron chi connectivity index (χ4n) is 3.55. The number of benzene rings is 1. The largest absolute Gasteiger partial charge is 0.465 e. The van der Waals surface area contributed by atoms with Crippen LogP contribution in [0.5, 0.6) is 11.5 Å². The first-order valence-corrected chi connectivity index (χ1v) is 8.85. The number of likely N-dealkylation sites (tertiary alicyclic amines) is 1. The van der Waals surface area contributed by atoms with E-state index in [1.807, 2.05) is 24.3 Å². The van der Waals surface area contributed by atoms with Gasteiger partial charge in [-0.25, -0.2) is 0 Å². The lowest BCUT2D eigenvalue weighted by atomic mass is 10.0. The van der Waals surface area contributed by atoms with Crippen molar-refractivity contribution in [1.29, 1.82) is 0 Å². The number of piperidine rings is 1. The van der Waals surface area contributed by atoms with Gasteiger partial charge >= 0.3 is 0 Å². The van der Waals surface area contributed by atoms with E-state index in [1.54, 1.807) is 6.26 Å². The van der Waals surface area contributed by atoms with E-state index >= 15 is 0 Å². The summed E-state index contributed by atoms with van der Waals surface area (Å²) in [6.45, 7) is 5.63. The minimum absolute atomic E-state index is 0.317. The quantitative estimate of drug-likeness (QED) is 0.892. The third kappa shape index (κ3) is 3.99. The van der Waals surface area contributed by atoms with Crippen LogP contribution >= 0.6 is 0 Å². The lowest BCUT2D eigenvalue weighted by Gasteiger charge is -2.33. The van der Waals surface area contributed by atoms with Crippen molar-refractivity contribution in [3.05, 3.63) is 47.9 Å². The first-order chi connectivity index (χ1) is 12.3. The van der Waals surface area contributed by atoms with Gasteiger partial charge in [0.1, 0.15) is 5.76 Å². The molecule has 1 saturated heterocycles. The van der Waals surface area contributed by atoms with Crippen LogP contribution in [0.3, 0.4) is 0 Å². The second-order valence-electron chi connectivity index (χ2n) is 6.79. The minimum atomic E-state index is 0.317. The molecule has 5 heteroatoms. The molecule has 0 aliphatic carbocycles. The SMILES string of the molecule is C/C(=C\c1ccco1)CN1CCC[C@H](Nc2ccc3c(c2)OCO3)C1. The highest BCUT2D eigenvalue weighted by Crippen LogP contribution is 2.34. The second-order valence-corrected chi connectivity index (χ2v) is 6.79. The molecule has 2 aliphatic rings. The lowest BCUT2D eigenvalue weighted by Crippen LogP contribution is -2.42. The van der Waals surface area contributed by atoms with Crippen molar-refractivity contribution in [2.75, 3.05) is 31.7 Å². The summed E-state index contributed by atoms with van der Waals surface area (Å²) >= 11 is 0. The number of furan rings is 1. The number of nitrogens with zero attached hydrogens (tertiary/aromatic N) is 1. The fraction of sp³-hybridized carbons (Fsp3) is 0.400. The summed E-state index contributed by atoms with van der Waals surface area (Å²) in [5.74, 6) is 2.58. The second kappa shape index (κ2) is 7.23. The van der Waals surface area contributed by atoms with Gasteiger partial charge in [0.15, 0.2) is 11.5 Å². The highest BCUT2D eigenvalue weighted by Gasteiger charge is 2.21. The zero-order valence-corrected chi connectivity index (χ0v) is 14.5. The molecule has 0 amide bonds. The molecule has 25 heavy (non-hydrogen) atoms. The van der Waals surface area contributed by atoms with E-state index in [0.717, 1.165) is 42.6 Å². The van der Waals surface area contributed by atoms with E-state index in [1.165, 1.54) is 18.4 Å². The molecule has 2 aliphatic heterocycles. The number of anilines is 1. The van der Waals surface area contributed by atoms with Gasteiger partial charge in [-0.1, -0.05) is 5.57 Å². The van der Waals surface area contributed by atoms with Gasteiger partial charge in [0, 0.05) is 30.9 Å². The van der Waals surface area contributed by atoms with Crippen LogP contribution in [0.1, 0.15) is 25.5 Å². The average Bonchev–Trinajstić information content (AvgIpc) is 3.26. The Balaban J connectivity index is 1.34. The van der Waals surface area contributed by atoms with Gasteiger partial charge in [-0.3, -0.25) is 4.90 Å². The monoisotopic (exact) mass is 340 g/mol. The summed E-state index contributed by atoms with van der Waals surface area (Å²) < 4.78 is 16.2. The number of hydrogen-bond donors (Lipinski definition) is 1. The number of nitrogens with one attached hydrogen (secondary N) is 1. The van der Waals surface area contributed by atoms with E-state index in [0.29, 0.717) is 12.8 Å². The highest BCUT2D eigenvalue weighted by atomic mass is 16.7. The zero-order chi connectivity index (χ0) is 17.1. The molecule has 0 bridgehead atoms. The summed E-state index contributed by atoms with van der Waals surface area (Å²) in [4.78, 5) is 2.50. The Kier molecular flexibility index (Phi) is 4.65. The van der Waals surface area contributed by atoms with Gasteiger partial charge < -0.3 is 19.2 Å². The Morgan fingerprint density at radius 3 is 3.08 bits per heavy atom. The number of fused-ring (bicyclic) bond motifs is 1. The van der Waals surface area contributed by atoms with Crippen molar-refractivity contribution in [3.63, 3.8) is 0 Å². The molecule has 0 saturated carbocycles. The molecular formula is C20H24N2O3. The van der Waals surface area contributed by atoms with Gasteiger partial charge in [-0.15, -0.1) is 0 Å². The Bertz CT molecular complexity index is 739. The van der Waals surface area contributed by atoms with Crippen LogP contribution in [0.15, 0.2) is 46.6 Å². The van der Waals surface area contributed by atoms with Crippen molar-refractivity contribution in [1.82, 2.24) is 4.90 Å². The van der Waals surface area contributed by atoms with Crippen LogP contribution in [-0.2, 0) is 0 Å². The van der Waals surface area contributed by atoms with E-state index in [4.69, 9.17) is 13.9 Å².